The number of benzene rings is 1. The van der Waals surface area contributed by atoms with Gasteiger partial charge in [0.1, 0.15) is 5.01 Å². The third kappa shape index (κ3) is 3.78. The summed E-state index contributed by atoms with van der Waals surface area (Å²) in [6, 6.07) is 6.19. The topological polar surface area (TPSA) is 92.3 Å². The van der Waals surface area contributed by atoms with Crippen molar-refractivity contribution in [1.82, 2.24) is 14.5 Å². The van der Waals surface area contributed by atoms with Gasteiger partial charge in [-0.1, -0.05) is 31.3 Å². The van der Waals surface area contributed by atoms with Crippen LogP contribution in [0.15, 0.2) is 29.2 Å². The molecule has 0 saturated heterocycles. The fourth-order valence-electron chi connectivity index (χ4n) is 6.54. The molecule has 1 heterocycles. The summed E-state index contributed by atoms with van der Waals surface area (Å²) in [6.45, 7) is 4.36. The Morgan fingerprint density at radius 1 is 1.09 bits per heavy atom. The molecule has 7 nitrogen and oxygen atoms in total. The van der Waals surface area contributed by atoms with Gasteiger partial charge in [0, 0.05) is 24.1 Å². The van der Waals surface area contributed by atoms with Crippen molar-refractivity contribution in [3.8, 4) is 0 Å². The van der Waals surface area contributed by atoms with Crippen LogP contribution in [0.2, 0.25) is 0 Å². The summed E-state index contributed by atoms with van der Waals surface area (Å²) < 4.78 is 27.0. The number of nitrogens with zero attached hydrogens (tertiary/aromatic N) is 3. The molecule has 2 aromatic rings. The van der Waals surface area contributed by atoms with Crippen LogP contribution >= 0.6 is 11.3 Å². The predicted octanol–water partition coefficient (Wildman–Crippen LogP) is 4.29. The zero-order valence-corrected chi connectivity index (χ0v) is 20.2. The fourth-order valence-corrected chi connectivity index (χ4v) is 9.00. The first-order valence-electron chi connectivity index (χ1n) is 11.6. The molecular weight excluding hydrogens is 444 g/mol. The van der Waals surface area contributed by atoms with Gasteiger partial charge < -0.3 is 0 Å². The molecule has 0 radical (unpaired) electrons. The maximum atomic E-state index is 12.9. The molecule has 4 saturated carbocycles. The number of anilines is 1. The molecule has 0 atom stereocenters. The number of amides is 1. The van der Waals surface area contributed by atoms with Crippen LogP contribution in [0, 0.1) is 17.8 Å². The Morgan fingerprint density at radius 2 is 1.72 bits per heavy atom. The average Bonchev–Trinajstić information content (AvgIpc) is 3.23. The maximum Gasteiger partial charge on any atom is 0.257 e. The lowest BCUT2D eigenvalue weighted by atomic mass is 9.50. The molecule has 4 aliphatic rings. The quantitative estimate of drug-likeness (QED) is 0.646. The van der Waals surface area contributed by atoms with Crippen LogP contribution in [-0.4, -0.2) is 41.9 Å². The first-order chi connectivity index (χ1) is 15.3. The number of hydrogen-bond acceptors (Lipinski definition) is 6. The predicted molar refractivity (Wildman–Crippen MR) is 124 cm³/mol. The van der Waals surface area contributed by atoms with Crippen molar-refractivity contribution in [3.63, 3.8) is 0 Å². The van der Waals surface area contributed by atoms with Crippen molar-refractivity contribution >= 4 is 32.4 Å². The van der Waals surface area contributed by atoms with E-state index in [1.807, 2.05) is 0 Å². The van der Waals surface area contributed by atoms with Gasteiger partial charge in [0.15, 0.2) is 0 Å². The van der Waals surface area contributed by atoms with Crippen molar-refractivity contribution in [1.29, 1.82) is 0 Å². The Hall–Kier alpha value is -1.84. The molecule has 4 aliphatic carbocycles. The maximum absolute atomic E-state index is 12.9. The number of carbonyl (C=O) groups excluding carboxylic acids is 1. The Bertz CT molecular complexity index is 1090. The third-order valence-electron chi connectivity index (χ3n) is 7.58. The van der Waals surface area contributed by atoms with Crippen LogP contribution in [0.25, 0.3) is 0 Å². The van der Waals surface area contributed by atoms with E-state index in [-0.39, 0.29) is 16.2 Å². The minimum atomic E-state index is -3.62. The van der Waals surface area contributed by atoms with Crippen LogP contribution in [0.5, 0.6) is 0 Å². The Kier molecular flexibility index (Phi) is 5.62. The first-order valence-corrected chi connectivity index (χ1v) is 13.8. The summed E-state index contributed by atoms with van der Waals surface area (Å²) in [4.78, 5) is 13.0. The van der Waals surface area contributed by atoms with Crippen LogP contribution < -0.4 is 5.32 Å². The zero-order valence-electron chi connectivity index (χ0n) is 18.6. The number of sulfonamides is 1. The molecule has 1 aromatic heterocycles. The highest BCUT2D eigenvalue weighted by Gasteiger charge is 2.53. The lowest BCUT2D eigenvalue weighted by Gasteiger charge is -2.55. The molecule has 0 aliphatic heterocycles. The van der Waals surface area contributed by atoms with Crippen molar-refractivity contribution < 1.29 is 13.2 Å². The van der Waals surface area contributed by atoms with Crippen molar-refractivity contribution in [2.45, 2.75) is 62.7 Å². The van der Waals surface area contributed by atoms with E-state index in [0.29, 0.717) is 23.8 Å². The van der Waals surface area contributed by atoms with Gasteiger partial charge in [-0.05, 0) is 74.5 Å². The van der Waals surface area contributed by atoms with E-state index in [0.717, 1.165) is 22.8 Å². The lowest BCUT2D eigenvalue weighted by Crippen LogP contribution is -2.48. The molecule has 32 heavy (non-hydrogen) atoms. The molecule has 6 rings (SSSR count). The van der Waals surface area contributed by atoms with Crippen LogP contribution in [0.4, 0.5) is 5.13 Å². The zero-order chi connectivity index (χ0) is 22.5. The van der Waals surface area contributed by atoms with Gasteiger partial charge in [0.2, 0.25) is 15.2 Å². The number of aromatic nitrogens is 2. The van der Waals surface area contributed by atoms with Gasteiger partial charge in [0.25, 0.3) is 5.91 Å². The first kappa shape index (κ1) is 22.0. The van der Waals surface area contributed by atoms with Crippen molar-refractivity contribution in [3.05, 3.63) is 34.8 Å². The largest absolute Gasteiger partial charge is 0.296 e. The second-order valence-electron chi connectivity index (χ2n) is 9.68. The van der Waals surface area contributed by atoms with Gasteiger partial charge in [-0.15, -0.1) is 10.2 Å². The molecule has 1 aromatic carbocycles. The van der Waals surface area contributed by atoms with Crippen LogP contribution in [0.3, 0.4) is 0 Å². The van der Waals surface area contributed by atoms with Crippen molar-refractivity contribution in [2.24, 2.45) is 17.8 Å². The minimum absolute atomic E-state index is 0.125. The number of hydrogen-bond donors (Lipinski definition) is 1. The van der Waals surface area contributed by atoms with E-state index in [4.69, 9.17) is 0 Å². The number of rotatable bonds is 7. The summed E-state index contributed by atoms with van der Waals surface area (Å²) in [6.07, 6.45) is 7.71. The molecule has 1 amide bonds. The summed E-state index contributed by atoms with van der Waals surface area (Å²) in [5.74, 6) is 2.09. The van der Waals surface area contributed by atoms with Gasteiger partial charge in [-0.25, -0.2) is 8.42 Å². The van der Waals surface area contributed by atoms with E-state index < -0.39 is 10.0 Å². The summed E-state index contributed by atoms with van der Waals surface area (Å²) in [5, 5.41) is 13.2. The van der Waals surface area contributed by atoms with E-state index in [2.05, 4.69) is 15.5 Å². The highest BCUT2D eigenvalue weighted by atomic mass is 32.2. The van der Waals surface area contributed by atoms with E-state index >= 15 is 0 Å². The third-order valence-corrected chi connectivity index (χ3v) is 10.7. The summed E-state index contributed by atoms with van der Waals surface area (Å²) in [7, 11) is -3.62. The Morgan fingerprint density at radius 3 is 2.31 bits per heavy atom. The second kappa shape index (κ2) is 8.18. The lowest BCUT2D eigenvalue weighted by molar-refractivity contribution is -0.00555. The monoisotopic (exact) mass is 474 g/mol. The van der Waals surface area contributed by atoms with Gasteiger partial charge in [0.05, 0.1) is 4.90 Å². The SMILES string of the molecule is CCN(CC)S(=O)(=O)c1cccc(C(=O)Nc2nnc(C34CC5CC(CC(C5)C3)C4)s2)c1. The van der Waals surface area contributed by atoms with E-state index in [9.17, 15) is 13.2 Å². The normalized spacial score (nSPS) is 28.9. The average molecular weight is 475 g/mol. The molecule has 1 N–H and O–H groups in total. The van der Waals surface area contributed by atoms with Gasteiger partial charge >= 0.3 is 0 Å². The van der Waals surface area contributed by atoms with Gasteiger partial charge in [-0.3, -0.25) is 10.1 Å². The Labute approximate surface area is 193 Å². The van der Waals surface area contributed by atoms with Crippen molar-refractivity contribution in [2.75, 3.05) is 18.4 Å². The minimum Gasteiger partial charge on any atom is -0.296 e. The molecular formula is C23H30N4O3S2. The molecule has 4 bridgehead atoms. The molecule has 0 spiro atoms. The summed E-state index contributed by atoms with van der Waals surface area (Å²) in [5.41, 5.74) is 0.442. The second-order valence-corrected chi connectivity index (χ2v) is 12.6. The standard InChI is InChI=1S/C23H30N4O3S2/c1-3-27(4-2)32(29,30)19-7-5-6-18(11-19)20(28)24-22-26-25-21(31-22)23-12-15-8-16(13-23)10-17(9-15)14-23/h5-7,11,15-17H,3-4,8-10,12-14H2,1-2H3,(H,24,26,28). The highest BCUT2D eigenvalue weighted by Crippen LogP contribution is 2.61. The summed E-state index contributed by atoms with van der Waals surface area (Å²) >= 11 is 1.49. The molecule has 9 heteroatoms. The van der Waals surface area contributed by atoms with E-state index in [1.54, 1.807) is 26.0 Å². The molecule has 0 unspecified atom stereocenters. The number of carbonyl (C=O) groups is 1. The number of nitrogens with one attached hydrogen (secondary N) is 1. The molecule has 172 valence electrons. The fraction of sp³-hybridized carbons (Fsp3) is 0.609. The Balaban J connectivity index is 1.33. The van der Waals surface area contributed by atoms with Gasteiger partial charge in [-0.2, -0.15) is 4.31 Å². The van der Waals surface area contributed by atoms with Crippen LogP contribution in [-0.2, 0) is 15.4 Å². The van der Waals surface area contributed by atoms with E-state index in [1.165, 1.54) is 66.3 Å². The molecule has 4 fully saturated rings. The highest BCUT2D eigenvalue weighted by molar-refractivity contribution is 7.89. The smallest absolute Gasteiger partial charge is 0.257 e. The van der Waals surface area contributed by atoms with Crippen LogP contribution in [0.1, 0.15) is 67.7 Å².